The van der Waals surface area contributed by atoms with E-state index in [4.69, 9.17) is 10.5 Å². The molecule has 2 amide bonds. The van der Waals surface area contributed by atoms with Crippen LogP contribution in [0.3, 0.4) is 0 Å². The molecule has 4 N–H and O–H groups in total. The van der Waals surface area contributed by atoms with Crippen molar-refractivity contribution in [1.29, 1.82) is 0 Å². The summed E-state index contributed by atoms with van der Waals surface area (Å²) in [6, 6.07) is -0.817. The van der Waals surface area contributed by atoms with Gasteiger partial charge in [-0.3, -0.25) is 19.3 Å². The number of rotatable bonds is 6. The Morgan fingerprint density at radius 3 is 2.81 bits per heavy atom. The van der Waals surface area contributed by atoms with E-state index in [0.717, 1.165) is 4.90 Å². The van der Waals surface area contributed by atoms with Gasteiger partial charge in [-0.25, -0.2) is 9.78 Å². The Morgan fingerprint density at radius 1 is 1.48 bits per heavy atom. The number of nitrogens with zero attached hydrogens (tertiary/aromatic N) is 2. The highest BCUT2D eigenvalue weighted by atomic mass is 32.2. The summed E-state index contributed by atoms with van der Waals surface area (Å²) < 4.78 is 4.87. The first kappa shape index (κ1) is 19.2. The summed E-state index contributed by atoms with van der Waals surface area (Å²) in [6.45, 7) is 1.03. The van der Waals surface area contributed by atoms with E-state index in [2.05, 4.69) is 10.3 Å². The number of carboxylic acid groups (broad SMARTS) is 1. The smallest absolute Gasteiger partial charge is 0.352 e. The van der Waals surface area contributed by atoms with E-state index in [1.165, 1.54) is 30.0 Å². The number of anilines is 1. The van der Waals surface area contributed by atoms with Gasteiger partial charge in [-0.15, -0.1) is 23.1 Å². The number of thiazole rings is 1. The number of aromatic nitrogens is 1. The Kier molecular flexibility index (Phi) is 5.37. The van der Waals surface area contributed by atoms with Crippen LogP contribution in [0.4, 0.5) is 5.13 Å². The van der Waals surface area contributed by atoms with Crippen molar-refractivity contribution in [2.24, 2.45) is 0 Å². The Labute approximate surface area is 161 Å². The van der Waals surface area contributed by atoms with Crippen molar-refractivity contribution in [2.75, 3.05) is 18.1 Å². The summed E-state index contributed by atoms with van der Waals surface area (Å²) in [5.41, 5.74) is 6.18. The molecule has 12 heteroatoms. The van der Waals surface area contributed by atoms with E-state index in [-0.39, 0.29) is 24.5 Å². The van der Waals surface area contributed by atoms with Gasteiger partial charge in [0, 0.05) is 23.6 Å². The average Bonchev–Trinajstić information content (AvgIpc) is 3.01. The molecule has 0 radical (unpaired) electrons. The molecule has 2 aliphatic heterocycles. The monoisotopic (exact) mass is 412 g/mol. The highest BCUT2D eigenvalue weighted by molar-refractivity contribution is 8.00. The number of thioether (sulfide) groups is 1. The molecule has 144 valence electrons. The molecule has 2 aliphatic rings. The van der Waals surface area contributed by atoms with Crippen LogP contribution in [-0.2, 0) is 30.3 Å². The van der Waals surface area contributed by atoms with Crippen molar-refractivity contribution < 1.29 is 29.0 Å². The number of nitrogens with two attached hydrogens (primary N) is 1. The number of carbonyl (C=O) groups excluding carboxylic acids is 3. The molecule has 0 spiro atoms. The molecule has 1 aromatic heterocycles. The zero-order chi connectivity index (χ0) is 19.7. The lowest BCUT2D eigenvalue weighted by molar-refractivity contribution is -0.151. The second kappa shape index (κ2) is 7.56. The fourth-order valence-corrected chi connectivity index (χ4v) is 4.67. The highest BCUT2D eigenvalue weighted by Crippen LogP contribution is 2.40. The molecule has 1 unspecified atom stereocenters. The Balaban J connectivity index is 1.68. The summed E-state index contributed by atoms with van der Waals surface area (Å²) in [4.78, 5) is 52.3. The summed E-state index contributed by atoms with van der Waals surface area (Å²) >= 11 is 2.52. The number of nitrogens with one attached hydrogen (secondary N) is 1. The van der Waals surface area contributed by atoms with E-state index >= 15 is 0 Å². The molecule has 3 rings (SSSR count). The molecular weight excluding hydrogens is 396 g/mol. The summed E-state index contributed by atoms with van der Waals surface area (Å²) in [7, 11) is 0. The Morgan fingerprint density at radius 2 is 2.22 bits per heavy atom. The van der Waals surface area contributed by atoms with Gasteiger partial charge in [0.2, 0.25) is 5.91 Å². The van der Waals surface area contributed by atoms with Crippen LogP contribution < -0.4 is 11.1 Å². The molecule has 1 fully saturated rings. The maximum atomic E-state index is 12.4. The van der Waals surface area contributed by atoms with Crippen LogP contribution in [0.2, 0.25) is 0 Å². The molecule has 0 aliphatic carbocycles. The van der Waals surface area contributed by atoms with Crippen LogP contribution in [0, 0.1) is 0 Å². The maximum absolute atomic E-state index is 12.4. The number of nitrogen functional groups attached to an aromatic ring is 1. The predicted octanol–water partition coefficient (Wildman–Crippen LogP) is -0.430. The number of hydrogen-bond donors (Lipinski definition) is 3. The fraction of sp³-hybridized carbons (Fsp3) is 0.400. The molecule has 0 bridgehead atoms. The van der Waals surface area contributed by atoms with Gasteiger partial charge in [0.05, 0.1) is 12.1 Å². The minimum atomic E-state index is -1.28. The van der Waals surface area contributed by atoms with Crippen molar-refractivity contribution in [2.45, 2.75) is 24.8 Å². The van der Waals surface area contributed by atoms with Gasteiger partial charge in [0.15, 0.2) is 5.13 Å². The van der Waals surface area contributed by atoms with Crippen LogP contribution in [0.5, 0.6) is 0 Å². The highest BCUT2D eigenvalue weighted by Gasteiger charge is 2.54. The largest absolute Gasteiger partial charge is 0.477 e. The van der Waals surface area contributed by atoms with E-state index in [1.807, 2.05) is 0 Å². The lowest BCUT2D eigenvalue weighted by atomic mass is 10.0. The number of amides is 2. The molecule has 27 heavy (non-hydrogen) atoms. The van der Waals surface area contributed by atoms with Crippen LogP contribution in [0.25, 0.3) is 0 Å². The van der Waals surface area contributed by atoms with E-state index in [0.29, 0.717) is 16.4 Å². The first-order chi connectivity index (χ1) is 12.8. The second-order valence-corrected chi connectivity index (χ2v) is 7.84. The molecule has 2 atom stereocenters. The molecule has 1 aromatic rings. The first-order valence-electron chi connectivity index (χ1n) is 7.80. The second-order valence-electron chi connectivity index (χ2n) is 5.85. The maximum Gasteiger partial charge on any atom is 0.352 e. The number of aliphatic carboxylic acids is 1. The third kappa shape index (κ3) is 3.90. The van der Waals surface area contributed by atoms with Crippen molar-refractivity contribution in [3.8, 4) is 0 Å². The third-order valence-corrected chi connectivity index (χ3v) is 5.99. The Hall–Kier alpha value is -2.60. The van der Waals surface area contributed by atoms with Crippen molar-refractivity contribution in [3.63, 3.8) is 0 Å². The molecular formula is C15H16N4O6S2. The van der Waals surface area contributed by atoms with Crippen LogP contribution in [0.1, 0.15) is 12.6 Å². The topological polar surface area (TPSA) is 152 Å². The predicted molar refractivity (Wildman–Crippen MR) is 96.5 cm³/mol. The number of carbonyl (C=O) groups is 4. The number of hydrogen-bond acceptors (Lipinski definition) is 9. The molecule has 3 heterocycles. The quantitative estimate of drug-likeness (QED) is 0.417. The van der Waals surface area contributed by atoms with E-state index in [1.54, 1.807) is 5.38 Å². The fourth-order valence-electron chi connectivity index (χ4n) is 2.78. The lowest BCUT2D eigenvalue weighted by Crippen LogP contribution is -2.70. The van der Waals surface area contributed by atoms with E-state index in [9.17, 15) is 24.3 Å². The summed E-state index contributed by atoms with van der Waals surface area (Å²) in [5, 5.41) is 13.6. The molecule has 1 saturated heterocycles. The number of esters is 1. The van der Waals surface area contributed by atoms with Gasteiger partial charge in [0.25, 0.3) is 5.91 Å². The number of β-lactam (4-membered cyclic amide) rings is 1. The lowest BCUT2D eigenvalue weighted by Gasteiger charge is -2.49. The van der Waals surface area contributed by atoms with E-state index < -0.39 is 35.2 Å². The third-order valence-electron chi connectivity index (χ3n) is 3.93. The normalized spacial score (nSPS) is 21.4. The molecule has 10 nitrogen and oxygen atoms in total. The number of fused-ring (bicyclic) bond motifs is 1. The minimum absolute atomic E-state index is 0.0196. The number of ether oxygens (including phenoxy) is 1. The van der Waals surface area contributed by atoms with Gasteiger partial charge in [-0.05, 0) is 0 Å². The zero-order valence-electron chi connectivity index (χ0n) is 14.1. The van der Waals surface area contributed by atoms with Gasteiger partial charge < -0.3 is 20.9 Å². The van der Waals surface area contributed by atoms with Crippen LogP contribution >= 0.6 is 23.1 Å². The Bertz CT molecular complexity index is 851. The SMILES string of the molecule is CC(=O)OCC1=C(C(=O)O)N2C(=O)C(NC(=O)Cc3csc(N)n3)[C@H]2SC1. The van der Waals surface area contributed by atoms with Gasteiger partial charge in [0.1, 0.15) is 23.7 Å². The minimum Gasteiger partial charge on any atom is -0.477 e. The van der Waals surface area contributed by atoms with Crippen molar-refractivity contribution >= 4 is 52.0 Å². The first-order valence-corrected chi connectivity index (χ1v) is 9.73. The number of carboxylic acids is 1. The van der Waals surface area contributed by atoms with Crippen molar-refractivity contribution in [3.05, 3.63) is 22.3 Å². The van der Waals surface area contributed by atoms with Gasteiger partial charge in [-0.1, -0.05) is 0 Å². The standard InChI is InChI=1S/C15H16N4O6S2/c1-6(20)25-3-7-4-26-13-10(12(22)19(13)11(7)14(23)24)18-9(21)2-8-5-27-15(16)17-8/h5,10,13H,2-4H2,1H3,(H2,16,17)(H,18,21)(H,23,24)/t10?,13-/m1/s1. The molecule has 0 aromatic carbocycles. The van der Waals surface area contributed by atoms with Crippen LogP contribution in [0.15, 0.2) is 16.7 Å². The van der Waals surface area contributed by atoms with Gasteiger partial charge in [-0.2, -0.15) is 0 Å². The van der Waals surface area contributed by atoms with Crippen molar-refractivity contribution in [1.82, 2.24) is 15.2 Å². The van der Waals surface area contributed by atoms with Gasteiger partial charge >= 0.3 is 11.9 Å². The summed E-state index contributed by atoms with van der Waals surface area (Å²) in [6.07, 6.45) is -0.0196. The zero-order valence-corrected chi connectivity index (χ0v) is 15.8. The molecule has 0 saturated carbocycles. The van der Waals surface area contributed by atoms with Crippen LogP contribution in [-0.4, -0.2) is 62.5 Å². The average molecular weight is 412 g/mol. The summed E-state index contributed by atoms with van der Waals surface area (Å²) in [5.74, 6) is -2.46.